The summed E-state index contributed by atoms with van der Waals surface area (Å²) in [4.78, 5) is 0. The summed E-state index contributed by atoms with van der Waals surface area (Å²) in [5, 5.41) is 10.4. The smallest absolute Gasteiger partial charge is 0.177 e. The summed E-state index contributed by atoms with van der Waals surface area (Å²) in [6, 6.07) is 19.2. The van der Waals surface area contributed by atoms with Crippen LogP contribution in [0.2, 0.25) is 0 Å². The number of allylic oxidation sites excluding steroid dienone is 3. The van der Waals surface area contributed by atoms with Gasteiger partial charge in [-0.1, -0.05) is 36.4 Å². The molecule has 0 saturated heterocycles. The third-order valence-corrected chi connectivity index (χ3v) is 16.5. The molecule has 156 valence electrons. The second-order valence-corrected chi connectivity index (χ2v) is 15.9. The van der Waals surface area contributed by atoms with Gasteiger partial charge in [-0.2, -0.15) is 0 Å². The van der Waals surface area contributed by atoms with Crippen LogP contribution in [0, 0.1) is 0 Å². The Bertz CT molecular complexity index is 1210. The van der Waals surface area contributed by atoms with Crippen LogP contribution in [0.4, 0.5) is 0 Å². The van der Waals surface area contributed by atoms with E-state index in [1.165, 1.54) is 11.1 Å². The van der Waals surface area contributed by atoms with Crippen LogP contribution < -0.4 is 10.6 Å². The largest absolute Gasteiger partial charge is 0.357 e. The molecule has 2 aromatic carbocycles. The molecule has 0 saturated carbocycles. The van der Waals surface area contributed by atoms with Gasteiger partial charge in [0, 0.05) is 27.5 Å². The van der Waals surface area contributed by atoms with E-state index in [2.05, 4.69) is 44.5 Å². The van der Waals surface area contributed by atoms with Crippen molar-refractivity contribution in [1.82, 2.24) is 0 Å². The van der Waals surface area contributed by atoms with E-state index in [4.69, 9.17) is 8.22 Å². The van der Waals surface area contributed by atoms with Crippen LogP contribution in [0.5, 0.6) is 0 Å². The lowest BCUT2D eigenvalue weighted by Crippen LogP contribution is -2.39. The SMILES string of the molecule is [2H]C([2H])([2H])C(O)(C([2H])([2H])[2H])[P+]1(c2ccccc2)C=C(C)C(C)([P+]2(c3ccccc3)C=C(C)C(C)=C2)C1. The summed E-state index contributed by atoms with van der Waals surface area (Å²) >= 11 is 0. The van der Waals surface area contributed by atoms with Gasteiger partial charge in [0.1, 0.15) is 36.5 Å². The predicted octanol–water partition coefficient (Wildman–Crippen LogP) is 6.90. The molecule has 2 heterocycles. The number of benzene rings is 2. The lowest BCUT2D eigenvalue weighted by atomic mass is 10.1. The monoisotopic (exact) mass is 442 g/mol. The van der Waals surface area contributed by atoms with Gasteiger partial charge in [-0.3, -0.25) is 0 Å². The minimum atomic E-state index is -3.36. The van der Waals surface area contributed by atoms with E-state index in [0.717, 1.165) is 10.9 Å². The zero-order valence-electron chi connectivity index (χ0n) is 24.1. The molecule has 2 atom stereocenters. The Morgan fingerprint density at radius 3 is 1.83 bits per heavy atom. The van der Waals surface area contributed by atoms with Gasteiger partial charge < -0.3 is 5.11 Å². The summed E-state index contributed by atoms with van der Waals surface area (Å²) in [7, 11) is -5.60. The van der Waals surface area contributed by atoms with Gasteiger partial charge in [0.2, 0.25) is 0 Å². The molecule has 4 rings (SSSR count). The summed E-state index contributed by atoms with van der Waals surface area (Å²) < 4.78 is 50.2. The first-order chi connectivity index (χ1) is 16.6. The van der Waals surface area contributed by atoms with Crippen LogP contribution >= 0.6 is 14.5 Å². The fraction of sp³-hybridized carbons (Fsp3) is 0.333. The normalized spacial score (nSPS) is 32.0. The Labute approximate surface area is 191 Å². The van der Waals surface area contributed by atoms with Crippen molar-refractivity contribution in [3.63, 3.8) is 0 Å². The highest BCUT2D eigenvalue weighted by Gasteiger charge is 2.70. The van der Waals surface area contributed by atoms with Crippen molar-refractivity contribution in [2.75, 3.05) is 6.16 Å². The molecular formula is C27H34OP2+2. The van der Waals surface area contributed by atoms with E-state index in [-0.39, 0.29) is 6.16 Å². The van der Waals surface area contributed by atoms with Crippen LogP contribution in [0.1, 0.15) is 49.6 Å². The topological polar surface area (TPSA) is 20.2 Å². The summed E-state index contributed by atoms with van der Waals surface area (Å²) in [6.45, 7) is 2.08. The maximum atomic E-state index is 12.1. The van der Waals surface area contributed by atoms with E-state index < -0.39 is 38.7 Å². The van der Waals surface area contributed by atoms with Crippen LogP contribution in [-0.4, -0.2) is 21.8 Å². The summed E-state index contributed by atoms with van der Waals surface area (Å²) in [6.07, 6.45) is 0.263. The Hall–Kier alpha value is -1.52. The second-order valence-electron chi connectivity index (χ2n) is 8.86. The van der Waals surface area contributed by atoms with Crippen molar-refractivity contribution in [1.29, 1.82) is 0 Å². The molecule has 0 radical (unpaired) electrons. The molecule has 0 aromatic heterocycles. The van der Waals surface area contributed by atoms with E-state index >= 15 is 0 Å². The first-order valence-electron chi connectivity index (χ1n) is 13.2. The van der Waals surface area contributed by atoms with Crippen molar-refractivity contribution in [2.24, 2.45) is 0 Å². The molecule has 2 aliphatic heterocycles. The van der Waals surface area contributed by atoms with Crippen molar-refractivity contribution < 1.29 is 13.3 Å². The first-order valence-corrected chi connectivity index (χ1v) is 14.2. The third kappa shape index (κ3) is 3.02. The van der Waals surface area contributed by atoms with E-state index in [1.54, 1.807) is 24.3 Å². The van der Waals surface area contributed by atoms with Crippen LogP contribution in [-0.2, 0) is 0 Å². The van der Waals surface area contributed by atoms with E-state index in [1.807, 2.05) is 37.0 Å². The van der Waals surface area contributed by atoms with Gasteiger partial charge in [-0.15, -0.1) is 0 Å². The third-order valence-electron chi connectivity index (χ3n) is 7.03. The van der Waals surface area contributed by atoms with E-state index in [0.29, 0.717) is 5.30 Å². The molecule has 0 amide bonds. The average Bonchev–Trinajstić information content (AvgIpc) is 3.28. The number of hydrogen-bond donors (Lipinski definition) is 1. The molecule has 2 aliphatic rings. The molecule has 30 heavy (non-hydrogen) atoms. The Morgan fingerprint density at radius 2 is 1.33 bits per heavy atom. The van der Waals surface area contributed by atoms with Crippen molar-refractivity contribution >= 4 is 25.1 Å². The molecule has 1 N–H and O–H groups in total. The highest BCUT2D eigenvalue weighted by Crippen LogP contribution is 2.85. The average molecular weight is 443 g/mol. The van der Waals surface area contributed by atoms with Gasteiger partial charge in [0.25, 0.3) is 0 Å². The quantitative estimate of drug-likeness (QED) is 0.511. The zero-order valence-corrected chi connectivity index (χ0v) is 19.8. The van der Waals surface area contributed by atoms with Crippen molar-refractivity contribution in [3.05, 3.63) is 94.8 Å². The first kappa shape index (κ1) is 15.3. The lowest BCUT2D eigenvalue weighted by molar-refractivity contribution is 0.170. The van der Waals surface area contributed by atoms with Gasteiger partial charge in [-0.05, 0) is 63.1 Å². The maximum Gasteiger partial charge on any atom is 0.177 e. The molecule has 2 unspecified atom stereocenters. The van der Waals surface area contributed by atoms with Gasteiger partial charge >= 0.3 is 0 Å². The molecule has 0 spiro atoms. The standard InChI is InChI=1S/C27H34OP2/c1-21-17-29(18-22(21)2,24-13-9-7-10-14-24)27(6)20-30(19-23(27)3,26(4,5)28)25-15-11-8-12-16-25/h7-19,28H,20H2,1-6H3/q+2/i4D3,5D3. The number of rotatable bonds is 4. The fourth-order valence-electron chi connectivity index (χ4n) is 5.03. The van der Waals surface area contributed by atoms with Gasteiger partial charge in [-0.25, -0.2) is 0 Å². The molecule has 0 bridgehead atoms. The number of hydrogen-bond acceptors (Lipinski definition) is 1. The van der Waals surface area contributed by atoms with Gasteiger partial charge in [0.05, 0.1) is 17.5 Å². The molecule has 0 fully saturated rings. The minimum absolute atomic E-state index is 0.263. The Morgan fingerprint density at radius 1 is 0.833 bits per heavy atom. The summed E-state index contributed by atoms with van der Waals surface area (Å²) in [5.41, 5.74) is 3.30. The van der Waals surface area contributed by atoms with Crippen LogP contribution in [0.25, 0.3) is 0 Å². The van der Waals surface area contributed by atoms with E-state index in [9.17, 15) is 5.11 Å². The fourth-order valence-corrected chi connectivity index (χ4v) is 15.3. The van der Waals surface area contributed by atoms with Crippen LogP contribution in [0.15, 0.2) is 94.8 Å². The summed E-state index contributed by atoms with van der Waals surface area (Å²) in [5.74, 6) is 6.55. The molecular weight excluding hydrogens is 402 g/mol. The molecule has 0 aliphatic carbocycles. The van der Waals surface area contributed by atoms with Crippen molar-refractivity contribution in [2.45, 2.75) is 51.9 Å². The van der Waals surface area contributed by atoms with Gasteiger partial charge in [0.15, 0.2) is 5.34 Å². The highest BCUT2D eigenvalue weighted by molar-refractivity contribution is 7.93. The highest BCUT2D eigenvalue weighted by atomic mass is 31.2. The lowest BCUT2D eigenvalue weighted by Gasteiger charge is -2.38. The predicted molar refractivity (Wildman–Crippen MR) is 137 cm³/mol. The minimum Gasteiger partial charge on any atom is -0.357 e. The Kier molecular flexibility index (Phi) is 3.71. The number of aliphatic hydroxyl groups is 1. The molecule has 3 heteroatoms. The molecule has 2 aromatic rings. The Balaban J connectivity index is 2.07. The zero-order chi connectivity index (χ0) is 26.8. The molecule has 1 nitrogen and oxygen atoms in total. The second kappa shape index (κ2) is 7.27. The maximum absolute atomic E-state index is 12.1. The van der Waals surface area contributed by atoms with Crippen LogP contribution in [0.3, 0.4) is 0 Å². The van der Waals surface area contributed by atoms with Crippen molar-refractivity contribution in [3.8, 4) is 0 Å².